The number of nitrogens with one attached hydrogen (secondary N) is 1. The van der Waals surface area contributed by atoms with Gasteiger partial charge in [0.1, 0.15) is 16.2 Å². The number of hydrogen-bond acceptors (Lipinski definition) is 3. The molecule has 1 heterocycles. The van der Waals surface area contributed by atoms with E-state index < -0.39 is 0 Å². The third kappa shape index (κ3) is 3.64. The van der Waals surface area contributed by atoms with Crippen LogP contribution in [0.2, 0.25) is 0 Å². The lowest BCUT2D eigenvalue weighted by atomic mass is 10.1. The largest absolute Gasteiger partial charge is 0.494 e. The zero-order valence-electron chi connectivity index (χ0n) is 11.3. The Balaban J connectivity index is 2.32. The van der Waals surface area contributed by atoms with Crippen molar-refractivity contribution in [2.24, 2.45) is 0 Å². The molecule has 0 aliphatic rings. The topological polar surface area (TPSA) is 37.9 Å². The SMILES string of the molecule is CCCc1nc(=S)cc(-c2ccc(OCC)cc2)[nH]1. The van der Waals surface area contributed by atoms with E-state index in [2.05, 4.69) is 16.9 Å². The third-order valence-corrected chi connectivity index (χ3v) is 2.96. The van der Waals surface area contributed by atoms with Gasteiger partial charge in [-0.3, -0.25) is 0 Å². The molecule has 1 N–H and O–H groups in total. The van der Waals surface area contributed by atoms with E-state index in [4.69, 9.17) is 17.0 Å². The van der Waals surface area contributed by atoms with Crippen LogP contribution in [-0.4, -0.2) is 16.6 Å². The smallest absolute Gasteiger partial charge is 0.130 e. The van der Waals surface area contributed by atoms with Crippen LogP contribution < -0.4 is 4.74 Å². The van der Waals surface area contributed by atoms with Gasteiger partial charge in [0.25, 0.3) is 0 Å². The Morgan fingerprint density at radius 2 is 1.95 bits per heavy atom. The van der Waals surface area contributed by atoms with Gasteiger partial charge in [0, 0.05) is 12.1 Å². The molecule has 3 nitrogen and oxygen atoms in total. The molecule has 0 saturated heterocycles. The van der Waals surface area contributed by atoms with Crippen molar-refractivity contribution in [3.05, 3.63) is 40.8 Å². The highest BCUT2D eigenvalue weighted by Gasteiger charge is 2.02. The fraction of sp³-hybridized carbons (Fsp3) is 0.333. The van der Waals surface area contributed by atoms with Gasteiger partial charge in [-0.05, 0) is 49.2 Å². The lowest BCUT2D eigenvalue weighted by Crippen LogP contribution is -1.97. The molecule has 0 atom stereocenters. The van der Waals surface area contributed by atoms with Crippen LogP contribution >= 0.6 is 12.2 Å². The Morgan fingerprint density at radius 3 is 2.58 bits per heavy atom. The summed E-state index contributed by atoms with van der Waals surface area (Å²) in [5.41, 5.74) is 2.10. The molecule has 19 heavy (non-hydrogen) atoms. The van der Waals surface area contributed by atoms with E-state index in [0.717, 1.165) is 35.7 Å². The number of aryl methyl sites for hydroxylation is 1. The quantitative estimate of drug-likeness (QED) is 0.832. The molecule has 1 aromatic heterocycles. The van der Waals surface area contributed by atoms with Crippen molar-refractivity contribution in [3.63, 3.8) is 0 Å². The Bertz CT molecular complexity index is 590. The molecule has 2 aromatic rings. The van der Waals surface area contributed by atoms with Gasteiger partial charge in [0.15, 0.2) is 0 Å². The van der Waals surface area contributed by atoms with E-state index in [1.165, 1.54) is 0 Å². The van der Waals surface area contributed by atoms with E-state index in [-0.39, 0.29) is 0 Å². The number of aromatic nitrogens is 2. The van der Waals surface area contributed by atoms with Gasteiger partial charge in [-0.2, -0.15) is 0 Å². The standard InChI is InChI=1S/C15H18N2OS/c1-3-5-14-16-13(10-15(19)17-14)11-6-8-12(9-7-11)18-4-2/h6-10H,3-5H2,1-2H3,(H,16,17,19). The van der Waals surface area contributed by atoms with Crippen molar-refractivity contribution < 1.29 is 4.74 Å². The molecule has 0 aliphatic heterocycles. The molecule has 0 bridgehead atoms. The molecule has 0 spiro atoms. The van der Waals surface area contributed by atoms with Crippen LogP contribution in [0.25, 0.3) is 11.3 Å². The van der Waals surface area contributed by atoms with Crippen LogP contribution in [0.5, 0.6) is 5.75 Å². The first-order valence-corrected chi connectivity index (χ1v) is 6.97. The summed E-state index contributed by atoms with van der Waals surface area (Å²) in [6, 6.07) is 9.89. The highest BCUT2D eigenvalue weighted by molar-refractivity contribution is 7.71. The van der Waals surface area contributed by atoms with E-state index in [1.807, 2.05) is 37.3 Å². The number of rotatable bonds is 5. The van der Waals surface area contributed by atoms with Crippen molar-refractivity contribution >= 4 is 12.2 Å². The van der Waals surface area contributed by atoms with E-state index in [9.17, 15) is 0 Å². The van der Waals surface area contributed by atoms with Gasteiger partial charge in [0.05, 0.1) is 6.61 Å². The van der Waals surface area contributed by atoms with Gasteiger partial charge in [-0.1, -0.05) is 19.1 Å². The van der Waals surface area contributed by atoms with Crippen molar-refractivity contribution in [2.45, 2.75) is 26.7 Å². The second-order valence-electron chi connectivity index (χ2n) is 4.29. The number of aromatic amines is 1. The predicted octanol–water partition coefficient (Wildman–Crippen LogP) is 4.16. The number of hydrogen-bond donors (Lipinski definition) is 1. The molecule has 0 radical (unpaired) electrons. The fourth-order valence-electron chi connectivity index (χ4n) is 1.92. The Morgan fingerprint density at radius 1 is 1.21 bits per heavy atom. The van der Waals surface area contributed by atoms with Crippen molar-refractivity contribution in [1.29, 1.82) is 0 Å². The summed E-state index contributed by atoms with van der Waals surface area (Å²) in [6.45, 7) is 4.78. The highest BCUT2D eigenvalue weighted by Crippen LogP contribution is 2.21. The summed E-state index contributed by atoms with van der Waals surface area (Å²) >= 11 is 5.21. The Labute approximate surface area is 118 Å². The molecule has 0 amide bonds. The summed E-state index contributed by atoms with van der Waals surface area (Å²) in [5, 5.41) is 0. The first kappa shape index (κ1) is 13.7. The Hall–Kier alpha value is -1.68. The minimum atomic E-state index is 0.631. The summed E-state index contributed by atoms with van der Waals surface area (Å²) < 4.78 is 6.07. The lowest BCUT2D eigenvalue weighted by molar-refractivity contribution is 0.340. The second-order valence-corrected chi connectivity index (χ2v) is 4.71. The third-order valence-electron chi connectivity index (χ3n) is 2.76. The maximum Gasteiger partial charge on any atom is 0.130 e. The van der Waals surface area contributed by atoms with E-state index >= 15 is 0 Å². The van der Waals surface area contributed by atoms with Crippen LogP contribution in [-0.2, 0) is 6.42 Å². The van der Waals surface area contributed by atoms with E-state index in [0.29, 0.717) is 11.2 Å². The summed E-state index contributed by atoms with van der Waals surface area (Å²) in [6.07, 6.45) is 1.96. The number of benzene rings is 1. The average molecular weight is 274 g/mol. The van der Waals surface area contributed by atoms with Crippen LogP contribution in [0.1, 0.15) is 26.1 Å². The molecule has 0 fully saturated rings. The number of nitrogens with zero attached hydrogens (tertiary/aromatic N) is 1. The molecular weight excluding hydrogens is 256 g/mol. The zero-order chi connectivity index (χ0) is 13.7. The minimum absolute atomic E-state index is 0.631. The van der Waals surface area contributed by atoms with Crippen molar-refractivity contribution in [1.82, 2.24) is 9.97 Å². The van der Waals surface area contributed by atoms with Crippen molar-refractivity contribution in [3.8, 4) is 17.0 Å². The second kappa shape index (κ2) is 6.48. The molecule has 2 rings (SSSR count). The number of H-pyrrole nitrogens is 1. The monoisotopic (exact) mass is 274 g/mol. The Kier molecular flexibility index (Phi) is 4.68. The molecule has 0 saturated carbocycles. The lowest BCUT2D eigenvalue weighted by Gasteiger charge is -2.07. The summed E-state index contributed by atoms with van der Waals surface area (Å²) in [7, 11) is 0. The fourth-order valence-corrected chi connectivity index (χ4v) is 2.14. The molecule has 0 aliphatic carbocycles. The van der Waals surface area contributed by atoms with Crippen LogP contribution in [0.4, 0.5) is 0 Å². The van der Waals surface area contributed by atoms with Gasteiger partial charge in [-0.15, -0.1) is 0 Å². The highest BCUT2D eigenvalue weighted by atomic mass is 32.1. The average Bonchev–Trinajstić information content (AvgIpc) is 2.40. The molecular formula is C15H18N2OS. The van der Waals surface area contributed by atoms with Gasteiger partial charge in [-0.25, -0.2) is 4.98 Å². The van der Waals surface area contributed by atoms with Gasteiger partial charge >= 0.3 is 0 Å². The van der Waals surface area contributed by atoms with Crippen LogP contribution in [0, 0.1) is 4.64 Å². The van der Waals surface area contributed by atoms with Crippen LogP contribution in [0.15, 0.2) is 30.3 Å². The van der Waals surface area contributed by atoms with Crippen LogP contribution in [0.3, 0.4) is 0 Å². The van der Waals surface area contributed by atoms with Crippen molar-refractivity contribution in [2.75, 3.05) is 6.61 Å². The molecule has 0 unspecified atom stereocenters. The first-order valence-electron chi connectivity index (χ1n) is 6.56. The van der Waals surface area contributed by atoms with Gasteiger partial charge < -0.3 is 9.72 Å². The molecule has 100 valence electrons. The van der Waals surface area contributed by atoms with E-state index in [1.54, 1.807) is 0 Å². The molecule has 1 aromatic carbocycles. The maximum atomic E-state index is 5.44. The van der Waals surface area contributed by atoms with Gasteiger partial charge in [0.2, 0.25) is 0 Å². The summed E-state index contributed by atoms with van der Waals surface area (Å²) in [5.74, 6) is 1.83. The minimum Gasteiger partial charge on any atom is -0.494 e. The normalized spacial score (nSPS) is 10.4. The number of ether oxygens (including phenoxy) is 1. The zero-order valence-corrected chi connectivity index (χ0v) is 12.1. The predicted molar refractivity (Wildman–Crippen MR) is 80.0 cm³/mol. The summed E-state index contributed by atoms with van der Waals surface area (Å²) in [4.78, 5) is 7.67. The molecule has 4 heteroatoms. The maximum absolute atomic E-state index is 5.44. The first-order chi connectivity index (χ1) is 9.22.